The molecule has 2 aliphatic heterocycles. The van der Waals surface area contributed by atoms with Crippen molar-refractivity contribution in [2.24, 2.45) is 0 Å². The average Bonchev–Trinajstić information content (AvgIpc) is 3.13. The number of carbonyl (C=O) groups is 1. The van der Waals surface area contributed by atoms with E-state index in [2.05, 4.69) is 21.6 Å². The van der Waals surface area contributed by atoms with Crippen molar-refractivity contribution in [3.05, 3.63) is 17.5 Å². The van der Waals surface area contributed by atoms with E-state index < -0.39 is 11.6 Å². The molecule has 2 aliphatic rings. The van der Waals surface area contributed by atoms with E-state index in [1.54, 1.807) is 13.0 Å². The van der Waals surface area contributed by atoms with E-state index in [0.717, 1.165) is 43.9 Å². The monoisotopic (exact) mass is 397 g/mol. The second-order valence-electron chi connectivity index (χ2n) is 7.92. The Morgan fingerprint density at radius 2 is 2.22 bits per heavy atom. The van der Waals surface area contributed by atoms with E-state index in [1.165, 1.54) is 0 Å². The number of piperidine rings is 1. The van der Waals surface area contributed by atoms with Crippen molar-refractivity contribution >= 4 is 17.7 Å². The number of nitrogens with zero attached hydrogens (tertiary/aromatic N) is 2. The van der Waals surface area contributed by atoms with Crippen LogP contribution in [0.25, 0.3) is 0 Å². The molecular formula is C19H31N3O4S. The summed E-state index contributed by atoms with van der Waals surface area (Å²) >= 11 is 1.86. The highest BCUT2D eigenvalue weighted by Crippen LogP contribution is 2.39. The van der Waals surface area contributed by atoms with Crippen molar-refractivity contribution in [3.63, 3.8) is 0 Å². The quantitative estimate of drug-likeness (QED) is 0.755. The Morgan fingerprint density at radius 1 is 1.48 bits per heavy atom. The molecule has 1 aromatic heterocycles. The van der Waals surface area contributed by atoms with E-state index in [4.69, 9.17) is 9.26 Å². The molecule has 2 atom stereocenters. The molecule has 0 aromatic carbocycles. The molecule has 7 nitrogen and oxygen atoms in total. The first kappa shape index (κ1) is 20.6. The molecule has 2 saturated heterocycles. The van der Waals surface area contributed by atoms with Crippen LogP contribution < -0.4 is 5.32 Å². The van der Waals surface area contributed by atoms with Crippen LogP contribution in [0.15, 0.2) is 10.6 Å². The summed E-state index contributed by atoms with van der Waals surface area (Å²) in [6, 6.07) is 1.17. The number of rotatable bonds is 6. The molecule has 0 bridgehead atoms. The van der Waals surface area contributed by atoms with Gasteiger partial charge < -0.3 is 24.6 Å². The maximum atomic E-state index is 12.4. The van der Waals surface area contributed by atoms with Gasteiger partial charge in [-0.15, -0.1) is 0 Å². The lowest BCUT2D eigenvalue weighted by Gasteiger charge is -2.51. The van der Waals surface area contributed by atoms with Gasteiger partial charge in [0.2, 0.25) is 5.76 Å². The van der Waals surface area contributed by atoms with Gasteiger partial charge >= 0.3 is 0 Å². The fourth-order valence-corrected chi connectivity index (χ4v) is 4.44. The smallest absolute Gasteiger partial charge is 0.290 e. The Labute approximate surface area is 165 Å². The maximum Gasteiger partial charge on any atom is 0.290 e. The van der Waals surface area contributed by atoms with Crippen molar-refractivity contribution in [1.29, 1.82) is 0 Å². The SMILES string of the molecule is CCc1cc(C(=O)N[C@H]2COC3(CCN(CCSC)CC3)C[C@]2(C)O)on1. The number of nitrogens with one attached hydrogen (secondary N) is 1. The number of carbonyl (C=O) groups excluding carboxylic acids is 1. The van der Waals surface area contributed by atoms with Gasteiger partial charge in [-0.05, 0) is 32.4 Å². The minimum absolute atomic E-state index is 0.171. The summed E-state index contributed by atoms with van der Waals surface area (Å²) < 4.78 is 11.3. The maximum absolute atomic E-state index is 12.4. The summed E-state index contributed by atoms with van der Waals surface area (Å²) in [5.74, 6) is 0.949. The highest BCUT2D eigenvalue weighted by Gasteiger charge is 2.49. The molecule has 8 heteroatoms. The minimum Gasteiger partial charge on any atom is -0.388 e. The van der Waals surface area contributed by atoms with E-state index in [-0.39, 0.29) is 17.3 Å². The molecule has 2 fully saturated rings. The van der Waals surface area contributed by atoms with Crippen molar-refractivity contribution in [3.8, 4) is 0 Å². The van der Waals surface area contributed by atoms with Crippen LogP contribution in [0.3, 0.4) is 0 Å². The summed E-state index contributed by atoms with van der Waals surface area (Å²) in [4.78, 5) is 14.9. The molecule has 0 radical (unpaired) electrons. The van der Waals surface area contributed by atoms with E-state index in [0.29, 0.717) is 19.4 Å². The number of hydrogen-bond donors (Lipinski definition) is 2. The molecule has 27 heavy (non-hydrogen) atoms. The third-order valence-electron chi connectivity index (χ3n) is 5.82. The Bertz CT molecular complexity index is 641. The first-order chi connectivity index (χ1) is 12.9. The van der Waals surface area contributed by atoms with Crippen LogP contribution in [0.2, 0.25) is 0 Å². The second kappa shape index (κ2) is 8.51. The van der Waals surface area contributed by atoms with Gasteiger partial charge in [-0.1, -0.05) is 12.1 Å². The second-order valence-corrected chi connectivity index (χ2v) is 8.91. The largest absolute Gasteiger partial charge is 0.388 e. The summed E-state index contributed by atoms with van der Waals surface area (Å²) in [7, 11) is 0. The topological polar surface area (TPSA) is 87.8 Å². The molecule has 0 unspecified atom stereocenters. The van der Waals surface area contributed by atoms with Crippen LogP contribution in [0.1, 0.15) is 49.4 Å². The summed E-state index contributed by atoms with van der Waals surface area (Å²) in [5.41, 5.74) is -0.579. The van der Waals surface area contributed by atoms with Gasteiger partial charge in [-0.3, -0.25) is 4.79 Å². The number of hydrogen-bond acceptors (Lipinski definition) is 7. The molecule has 3 rings (SSSR count). The van der Waals surface area contributed by atoms with Gasteiger partial charge in [0.05, 0.1) is 29.5 Å². The number of aryl methyl sites for hydroxylation is 1. The predicted octanol–water partition coefficient (Wildman–Crippen LogP) is 1.70. The van der Waals surface area contributed by atoms with Crippen LogP contribution in [0, 0.1) is 0 Å². The lowest BCUT2D eigenvalue weighted by molar-refractivity contribution is -0.185. The zero-order valence-electron chi connectivity index (χ0n) is 16.5. The number of aromatic nitrogens is 1. The molecule has 3 heterocycles. The van der Waals surface area contributed by atoms with E-state index in [1.807, 2.05) is 18.7 Å². The summed E-state index contributed by atoms with van der Waals surface area (Å²) in [5, 5.41) is 17.8. The minimum atomic E-state index is -1.02. The lowest BCUT2D eigenvalue weighted by Crippen LogP contribution is -2.64. The Hall–Kier alpha value is -1.09. The highest BCUT2D eigenvalue weighted by molar-refractivity contribution is 7.98. The van der Waals surface area contributed by atoms with E-state index >= 15 is 0 Å². The normalized spacial score (nSPS) is 28.4. The number of ether oxygens (including phenoxy) is 1. The molecule has 1 amide bonds. The summed E-state index contributed by atoms with van der Waals surface area (Å²) in [6.07, 6.45) is 5.19. The Kier molecular flexibility index (Phi) is 6.50. The lowest BCUT2D eigenvalue weighted by atomic mass is 9.75. The van der Waals surface area contributed by atoms with Crippen LogP contribution in [-0.4, -0.2) is 76.6 Å². The molecule has 1 aromatic rings. The van der Waals surface area contributed by atoms with E-state index in [9.17, 15) is 9.90 Å². The third kappa shape index (κ3) is 4.85. The van der Waals surface area contributed by atoms with Gasteiger partial charge in [0, 0.05) is 37.9 Å². The number of likely N-dealkylation sites (tertiary alicyclic amines) is 1. The molecule has 152 valence electrons. The number of amides is 1. The van der Waals surface area contributed by atoms with Crippen molar-refractivity contribution in [1.82, 2.24) is 15.4 Å². The van der Waals surface area contributed by atoms with Crippen LogP contribution in [0.4, 0.5) is 0 Å². The Balaban J connectivity index is 1.56. The van der Waals surface area contributed by atoms with Crippen molar-refractivity contribution in [2.75, 3.05) is 38.2 Å². The van der Waals surface area contributed by atoms with Crippen LogP contribution >= 0.6 is 11.8 Å². The van der Waals surface area contributed by atoms with Crippen LogP contribution in [-0.2, 0) is 11.2 Å². The molecular weight excluding hydrogens is 366 g/mol. The van der Waals surface area contributed by atoms with Gasteiger partial charge in [0.15, 0.2) is 0 Å². The van der Waals surface area contributed by atoms with Gasteiger partial charge in [-0.2, -0.15) is 11.8 Å². The average molecular weight is 398 g/mol. The standard InChI is InChI=1S/C19H31N3O4S/c1-4-14-11-15(26-21-14)17(23)20-16-12-25-19(13-18(16,2)24)5-7-22(8-6-19)9-10-27-3/h11,16,24H,4-10,12-13H2,1-3H3,(H,20,23)/t16-,18-/m0/s1. The number of aliphatic hydroxyl groups is 1. The van der Waals surface area contributed by atoms with Crippen molar-refractivity contribution < 1.29 is 19.2 Å². The molecule has 0 aliphatic carbocycles. The zero-order valence-corrected chi connectivity index (χ0v) is 17.3. The first-order valence-electron chi connectivity index (χ1n) is 9.71. The first-order valence-corrected chi connectivity index (χ1v) is 11.1. The van der Waals surface area contributed by atoms with Gasteiger partial charge in [0.1, 0.15) is 0 Å². The molecule has 0 saturated carbocycles. The summed E-state index contributed by atoms with van der Waals surface area (Å²) in [6.45, 7) is 7.13. The zero-order chi connectivity index (χ0) is 19.5. The van der Waals surface area contributed by atoms with Gasteiger partial charge in [-0.25, -0.2) is 0 Å². The van der Waals surface area contributed by atoms with Crippen LogP contribution in [0.5, 0.6) is 0 Å². The Morgan fingerprint density at radius 3 is 2.81 bits per heavy atom. The fraction of sp³-hybridized carbons (Fsp3) is 0.789. The third-order valence-corrected chi connectivity index (χ3v) is 6.41. The van der Waals surface area contributed by atoms with Gasteiger partial charge in [0.25, 0.3) is 5.91 Å². The predicted molar refractivity (Wildman–Crippen MR) is 105 cm³/mol. The number of thioether (sulfide) groups is 1. The molecule has 2 N–H and O–H groups in total. The highest BCUT2D eigenvalue weighted by atomic mass is 32.2. The molecule has 1 spiro atoms. The van der Waals surface area contributed by atoms with Crippen molar-refractivity contribution in [2.45, 2.75) is 56.8 Å². The fourth-order valence-electron chi connectivity index (χ4n) is 4.00.